The van der Waals surface area contributed by atoms with Crippen molar-refractivity contribution in [3.05, 3.63) is 45.6 Å². The van der Waals surface area contributed by atoms with Crippen molar-refractivity contribution >= 4 is 18.4 Å². The number of benzene rings is 1. The van der Waals surface area contributed by atoms with Crippen LogP contribution in [0, 0.1) is 6.92 Å². The third-order valence-corrected chi connectivity index (χ3v) is 19.6. The molecule has 0 nitrogen and oxygen atoms in total. The summed E-state index contributed by atoms with van der Waals surface area (Å²) in [7, 11) is 0. The molecule has 0 spiro atoms. The summed E-state index contributed by atoms with van der Waals surface area (Å²) in [5.74, 6) is 0. The number of hydrogen-bond acceptors (Lipinski definition) is 0. The fourth-order valence-corrected chi connectivity index (χ4v) is 18.2. The average molecular weight is 435 g/mol. The molecule has 0 amide bonds. The van der Waals surface area contributed by atoms with E-state index in [-0.39, 0.29) is 0 Å². The Hall–Kier alpha value is -0.241. The van der Waals surface area contributed by atoms with E-state index in [4.69, 9.17) is 0 Å². The third-order valence-electron chi connectivity index (χ3n) is 5.40. The molecule has 0 aliphatic heterocycles. The molecule has 0 heterocycles. The van der Waals surface area contributed by atoms with Crippen LogP contribution in [0.15, 0.2) is 34.4 Å². The topological polar surface area (TPSA) is 0 Å². The molecule has 0 bridgehead atoms. The van der Waals surface area contributed by atoms with Gasteiger partial charge in [-0.15, -0.1) is 0 Å². The van der Waals surface area contributed by atoms with E-state index in [2.05, 4.69) is 62.1 Å². The zero-order valence-electron chi connectivity index (χ0n) is 16.7. The van der Waals surface area contributed by atoms with Gasteiger partial charge < -0.3 is 0 Å². The van der Waals surface area contributed by atoms with Gasteiger partial charge in [0.1, 0.15) is 0 Å². The third kappa shape index (κ3) is 8.23. The van der Waals surface area contributed by atoms with Gasteiger partial charge in [0.05, 0.1) is 0 Å². The molecule has 0 N–H and O–H groups in total. The Labute approximate surface area is 156 Å². The van der Waals surface area contributed by atoms with E-state index in [1.165, 1.54) is 62.5 Å². The first-order chi connectivity index (χ1) is 11.7. The maximum atomic E-state index is 2.83. The Morgan fingerprint density at radius 2 is 1.38 bits per heavy atom. The fourth-order valence-electron chi connectivity index (χ4n) is 3.67. The van der Waals surface area contributed by atoms with Crippen LogP contribution in [0.1, 0.15) is 76.8 Å². The van der Waals surface area contributed by atoms with Crippen LogP contribution in [0.25, 0.3) is 0 Å². The van der Waals surface area contributed by atoms with E-state index in [0.29, 0.717) is 0 Å². The Balaban J connectivity index is 2.70. The van der Waals surface area contributed by atoms with Gasteiger partial charge in [-0.2, -0.15) is 0 Å². The van der Waals surface area contributed by atoms with Crippen LogP contribution in [0.5, 0.6) is 0 Å². The summed E-state index contributed by atoms with van der Waals surface area (Å²) in [6, 6.07) is 8.87. The van der Waals surface area contributed by atoms with E-state index in [9.17, 15) is 0 Å². The molecule has 0 aliphatic rings. The van der Waals surface area contributed by atoms with Crippen molar-refractivity contribution in [2.45, 2.75) is 92.4 Å². The predicted octanol–water partition coefficient (Wildman–Crippen LogP) is 7.87. The minimum atomic E-state index is -2.04. The normalized spacial score (nSPS) is 12.2. The van der Waals surface area contributed by atoms with Crippen molar-refractivity contribution in [2.75, 3.05) is 0 Å². The molecule has 0 unspecified atom stereocenters. The van der Waals surface area contributed by atoms with Crippen LogP contribution in [0.2, 0.25) is 13.3 Å². The number of rotatable bonds is 13. The van der Waals surface area contributed by atoms with E-state index >= 15 is 0 Å². The van der Waals surface area contributed by atoms with Crippen molar-refractivity contribution in [1.82, 2.24) is 0 Å². The van der Waals surface area contributed by atoms with Crippen molar-refractivity contribution in [3.8, 4) is 0 Å². The summed E-state index contributed by atoms with van der Waals surface area (Å²) in [6.07, 6.45) is 13.5. The van der Waals surface area contributed by atoms with Gasteiger partial charge in [0, 0.05) is 0 Å². The molecule has 0 atom stereocenters. The van der Waals surface area contributed by atoms with Crippen molar-refractivity contribution in [2.24, 2.45) is 0 Å². The molecule has 0 aliphatic carbocycles. The van der Waals surface area contributed by atoms with E-state index in [0.717, 1.165) is 0 Å². The van der Waals surface area contributed by atoms with Gasteiger partial charge in [0.25, 0.3) is 0 Å². The monoisotopic (exact) mass is 436 g/mol. The molecule has 1 rings (SSSR count). The number of hydrogen-bond donors (Lipinski definition) is 0. The van der Waals surface area contributed by atoms with Crippen LogP contribution in [0.3, 0.4) is 0 Å². The van der Waals surface area contributed by atoms with Crippen LogP contribution in [-0.2, 0) is 6.42 Å². The molecule has 0 radical (unpaired) electrons. The molecule has 1 aromatic rings. The molecule has 0 aromatic heterocycles. The summed E-state index contributed by atoms with van der Waals surface area (Å²) >= 11 is -2.04. The summed E-state index contributed by atoms with van der Waals surface area (Å²) in [5.41, 5.74) is 2.97. The quantitative estimate of drug-likeness (QED) is 0.277. The van der Waals surface area contributed by atoms with Crippen molar-refractivity contribution in [1.29, 1.82) is 0 Å². The summed E-state index contributed by atoms with van der Waals surface area (Å²) < 4.78 is 7.60. The molecule has 136 valence electrons. The first-order valence-corrected chi connectivity index (χ1v) is 18.1. The molecular formula is C23H40Sn. The molecule has 1 heteroatoms. The SMILES string of the molecule is CCC[CH2][Sn](/[CH]=C/CCc1ccccc1C)([CH2]CCC)[CH2]CCC. The summed E-state index contributed by atoms with van der Waals surface area (Å²) in [5, 5.41) is 0. The first kappa shape index (κ1) is 21.8. The zero-order chi connectivity index (χ0) is 17.7. The Kier molecular flexibility index (Phi) is 11.8. The van der Waals surface area contributed by atoms with E-state index < -0.39 is 18.4 Å². The van der Waals surface area contributed by atoms with Crippen molar-refractivity contribution < 1.29 is 0 Å². The fraction of sp³-hybridized carbons (Fsp3) is 0.652. The molecule has 0 saturated heterocycles. The van der Waals surface area contributed by atoms with Gasteiger partial charge in [-0.1, -0.05) is 0 Å². The zero-order valence-corrected chi connectivity index (χ0v) is 19.6. The Morgan fingerprint density at radius 1 is 0.833 bits per heavy atom. The van der Waals surface area contributed by atoms with Crippen LogP contribution < -0.4 is 0 Å². The predicted molar refractivity (Wildman–Crippen MR) is 114 cm³/mol. The molecule has 24 heavy (non-hydrogen) atoms. The van der Waals surface area contributed by atoms with E-state index in [1.54, 1.807) is 13.3 Å². The van der Waals surface area contributed by atoms with Crippen LogP contribution in [-0.4, -0.2) is 18.4 Å². The van der Waals surface area contributed by atoms with Gasteiger partial charge in [-0.3, -0.25) is 0 Å². The minimum absolute atomic E-state index is 1.21. The Bertz CT molecular complexity index is 439. The van der Waals surface area contributed by atoms with Gasteiger partial charge in [-0.05, 0) is 0 Å². The van der Waals surface area contributed by atoms with Gasteiger partial charge in [0.2, 0.25) is 0 Å². The maximum absolute atomic E-state index is 2.83. The standard InChI is InChI=1S/C11H13.3C4H9.Sn/c1-3-4-8-11-9-6-5-7-10(11)2;3*1-3-4-2;/h1,3,5-7,9H,4,8H2,2H3;3*1,3-4H2,2H3;. The average Bonchev–Trinajstić information content (AvgIpc) is 2.61. The number of aryl methyl sites for hydroxylation is 2. The first-order valence-electron chi connectivity index (χ1n) is 10.4. The molecule has 0 saturated carbocycles. The molecular weight excluding hydrogens is 395 g/mol. The number of unbranched alkanes of at least 4 members (excludes halogenated alkanes) is 3. The molecule has 1 aromatic carbocycles. The molecule has 0 fully saturated rings. The van der Waals surface area contributed by atoms with E-state index in [1.807, 2.05) is 0 Å². The summed E-state index contributed by atoms with van der Waals surface area (Å²) in [4.78, 5) is 0. The second-order valence-electron chi connectivity index (χ2n) is 7.54. The van der Waals surface area contributed by atoms with Gasteiger partial charge in [0.15, 0.2) is 0 Å². The van der Waals surface area contributed by atoms with Gasteiger partial charge in [-0.25, -0.2) is 0 Å². The second kappa shape index (κ2) is 13.0. The summed E-state index contributed by atoms with van der Waals surface area (Å²) in [6.45, 7) is 9.32. The Morgan fingerprint density at radius 3 is 1.88 bits per heavy atom. The second-order valence-corrected chi connectivity index (χ2v) is 20.5. The van der Waals surface area contributed by atoms with Crippen molar-refractivity contribution in [3.63, 3.8) is 0 Å². The van der Waals surface area contributed by atoms with Gasteiger partial charge >= 0.3 is 156 Å². The number of allylic oxidation sites excluding steroid dienone is 1. The van der Waals surface area contributed by atoms with Crippen LogP contribution in [0.4, 0.5) is 0 Å². The van der Waals surface area contributed by atoms with Crippen LogP contribution >= 0.6 is 0 Å².